The molecule has 0 radical (unpaired) electrons. The van der Waals surface area contributed by atoms with Gasteiger partial charge >= 0.3 is 0 Å². The van der Waals surface area contributed by atoms with E-state index in [9.17, 15) is 4.79 Å². The minimum Gasteiger partial charge on any atom is -0.325 e. The Hall–Kier alpha value is -1.06. The van der Waals surface area contributed by atoms with Gasteiger partial charge in [-0.1, -0.05) is 37.9 Å². The molecule has 4 heteroatoms. The Morgan fingerprint density at radius 3 is 2.84 bits per heavy atom. The van der Waals surface area contributed by atoms with Crippen LogP contribution in [-0.2, 0) is 11.2 Å². The number of carbonyl (C=O) groups is 1. The summed E-state index contributed by atoms with van der Waals surface area (Å²) in [5.41, 5.74) is 3.04. The Kier molecular flexibility index (Phi) is 4.83. The van der Waals surface area contributed by atoms with Gasteiger partial charge in [0.05, 0.1) is 6.42 Å². The van der Waals surface area contributed by atoms with Gasteiger partial charge in [-0.25, -0.2) is 0 Å². The molecule has 1 aliphatic heterocycles. The summed E-state index contributed by atoms with van der Waals surface area (Å²) in [5.74, 6) is 0.0526. The van der Waals surface area contributed by atoms with E-state index in [2.05, 4.69) is 30.5 Å². The van der Waals surface area contributed by atoms with Crippen LogP contribution in [0.25, 0.3) is 0 Å². The molecule has 2 N–H and O–H groups in total. The van der Waals surface area contributed by atoms with Crippen LogP contribution < -0.4 is 10.6 Å². The number of hydrogen-bond donors (Lipinski definition) is 2. The molecule has 104 valence electrons. The second-order valence-corrected chi connectivity index (χ2v) is 5.46. The Balaban J connectivity index is 2.27. The molecule has 0 fully saturated rings. The number of rotatable bonds is 6. The van der Waals surface area contributed by atoms with E-state index in [4.69, 9.17) is 11.6 Å². The van der Waals surface area contributed by atoms with Crippen LogP contribution in [0.5, 0.6) is 0 Å². The van der Waals surface area contributed by atoms with Gasteiger partial charge in [0, 0.05) is 16.8 Å². The monoisotopic (exact) mass is 280 g/mol. The summed E-state index contributed by atoms with van der Waals surface area (Å²) in [6.07, 6.45) is 3.72. The summed E-state index contributed by atoms with van der Waals surface area (Å²) >= 11 is 6.37. The van der Waals surface area contributed by atoms with E-state index in [-0.39, 0.29) is 11.9 Å². The molecule has 0 saturated heterocycles. The molecule has 1 unspecified atom stereocenters. The van der Waals surface area contributed by atoms with Crippen molar-refractivity contribution >= 4 is 23.2 Å². The van der Waals surface area contributed by atoms with E-state index in [0.29, 0.717) is 6.42 Å². The molecule has 1 aromatic rings. The fourth-order valence-corrected chi connectivity index (χ4v) is 2.80. The second kappa shape index (κ2) is 6.40. The standard InChI is InChI=1S/C15H21ClN2O/c1-3-5-13(17-6-4-2)11-7-10-8-15(19)18-14(10)9-12(11)16/h7,9,13,17H,3-6,8H2,1-2H3,(H,18,19). The number of hydrogen-bond acceptors (Lipinski definition) is 2. The molecule has 0 spiro atoms. The van der Waals surface area contributed by atoms with Gasteiger partial charge in [-0.3, -0.25) is 4.79 Å². The maximum absolute atomic E-state index is 11.4. The molecule has 1 amide bonds. The Morgan fingerprint density at radius 1 is 1.37 bits per heavy atom. The summed E-state index contributed by atoms with van der Waals surface area (Å²) in [5, 5.41) is 7.11. The van der Waals surface area contributed by atoms with Crippen LogP contribution in [0.15, 0.2) is 12.1 Å². The molecule has 1 atom stereocenters. The van der Waals surface area contributed by atoms with Crippen LogP contribution in [0.1, 0.15) is 50.3 Å². The average Bonchev–Trinajstić information content (AvgIpc) is 2.73. The van der Waals surface area contributed by atoms with E-state index < -0.39 is 0 Å². The van der Waals surface area contributed by atoms with E-state index in [0.717, 1.165) is 47.6 Å². The lowest BCUT2D eigenvalue weighted by atomic mass is 9.98. The molecule has 0 aromatic heterocycles. The van der Waals surface area contributed by atoms with Crippen LogP contribution in [-0.4, -0.2) is 12.5 Å². The maximum Gasteiger partial charge on any atom is 0.228 e. The zero-order valence-electron chi connectivity index (χ0n) is 11.6. The first-order valence-corrected chi connectivity index (χ1v) is 7.39. The topological polar surface area (TPSA) is 41.1 Å². The van der Waals surface area contributed by atoms with E-state index in [1.807, 2.05) is 6.07 Å². The number of carbonyl (C=O) groups excluding carboxylic acids is 1. The molecule has 0 saturated carbocycles. The number of halogens is 1. The van der Waals surface area contributed by atoms with Gasteiger partial charge in [0.25, 0.3) is 0 Å². The summed E-state index contributed by atoms with van der Waals surface area (Å²) in [6.45, 7) is 5.31. The predicted octanol–water partition coefficient (Wildman–Crippen LogP) is 3.68. The summed E-state index contributed by atoms with van der Waals surface area (Å²) in [6, 6.07) is 4.24. The van der Waals surface area contributed by atoms with E-state index in [1.54, 1.807) is 0 Å². The second-order valence-electron chi connectivity index (χ2n) is 5.05. The number of nitrogens with one attached hydrogen (secondary N) is 2. The van der Waals surface area contributed by atoms with Gasteiger partial charge in [0.2, 0.25) is 5.91 Å². The summed E-state index contributed by atoms with van der Waals surface area (Å²) in [4.78, 5) is 11.4. The van der Waals surface area contributed by atoms with Crippen LogP contribution in [0, 0.1) is 0 Å². The summed E-state index contributed by atoms with van der Waals surface area (Å²) in [7, 11) is 0. The van der Waals surface area contributed by atoms with Gasteiger partial charge in [-0.15, -0.1) is 0 Å². The molecular formula is C15H21ClN2O. The Bertz CT molecular complexity index is 473. The number of fused-ring (bicyclic) bond motifs is 1. The van der Waals surface area contributed by atoms with Crippen molar-refractivity contribution in [1.29, 1.82) is 0 Å². The van der Waals surface area contributed by atoms with Gasteiger partial charge < -0.3 is 10.6 Å². The van der Waals surface area contributed by atoms with Gasteiger partial charge in [-0.05, 0) is 36.6 Å². The third kappa shape index (κ3) is 3.28. The van der Waals surface area contributed by atoms with Gasteiger partial charge in [0.15, 0.2) is 0 Å². The lowest BCUT2D eigenvalue weighted by molar-refractivity contribution is -0.115. The molecule has 1 heterocycles. The van der Waals surface area contributed by atoms with E-state index >= 15 is 0 Å². The predicted molar refractivity (Wildman–Crippen MR) is 79.7 cm³/mol. The van der Waals surface area contributed by atoms with Crippen molar-refractivity contribution in [3.8, 4) is 0 Å². The minimum atomic E-state index is 0.0526. The highest BCUT2D eigenvalue weighted by atomic mass is 35.5. The first-order valence-electron chi connectivity index (χ1n) is 7.01. The quantitative estimate of drug-likeness (QED) is 0.835. The maximum atomic E-state index is 11.4. The zero-order chi connectivity index (χ0) is 13.8. The van der Waals surface area contributed by atoms with Gasteiger partial charge in [-0.2, -0.15) is 0 Å². The van der Waals surface area contributed by atoms with E-state index in [1.165, 1.54) is 0 Å². The molecule has 19 heavy (non-hydrogen) atoms. The van der Waals surface area contributed by atoms with Crippen LogP contribution in [0.4, 0.5) is 5.69 Å². The van der Waals surface area contributed by atoms with Crippen LogP contribution in [0.2, 0.25) is 5.02 Å². The normalized spacial score (nSPS) is 15.2. The van der Waals surface area contributed by atoms with Crippen LogP contribution in [0.3, 0.4) is 0 Å². The lowest BCUT2D eigenvalue weighted by Gasteiger charge is -2.20. The molecule has 0 aliphatic carbocycles. The largest absolute Gasteiger partial charge is 0.325 e. The van der Waals surface area contributed by atoms with Crippen molar-refractivity contribution in [3.05, 3.63) is 28.3 Å². The highest BCUT2D eigenvalue weighted by Gasteiger charge is 2.22. The third-order valence-corrected chi connectivity index (χ3v) is 3.77. The molecule has 2 rings (SSSR count). The zero-order valence-corrected chi connectivity index (χ0v) is 12.3. The first kappa shape index (κ1) is 14.4. The van der Waals surface area contributed by atoms with Gasteiger partial charge in [0.1, 0.15) is 0 Å². The summed E-state index contributed by atoms with van der Waals surface area (Å²) < 4.78 is 0. The van der Waals surface area contributed by atoms with Crippen molar-refractivity contribution in [2.24, 2.45) is 0 Å². The fraction of sp³-hybridized carbons (Fsp3) is 0.533. The first-order chi connectivity index (χ1) is 9.15. The third-order valence-electron chi connectivity index (χ3n) is 3.44. The number of benzene rings is 1. The van der Waals surface area contributed by atoms with Crippen molar-refractivity contribution in [2.45, 2.75) is 45.6 Å². The Labute approximate surface area is 119 Å². The molecule has 1 aliphatic rings. The smallest absolute Gasteiger partial charge is 0.228 e. The highest BCUT2D eigenvalue weighted by Crippen LogP contribution is 2.34. The van der Waals surface area contributed by atoms with Crippen molar-refractivity contribution in [1.82, 2.24) is 5.32 Å². The highest BCUT2D eigenvalue weighted by molar-refractivity contribution is 6.32. The van der Waals surface area contributed by atoms with Crippen molar-refractivity contribution < 1.29 is 4.79 Å². The lowest BCUT2D eigenvalue weighted by Crippen LogP contribution is -2.22. The van der Waals surface area contributed by atoms with Crippen molar-refractivity contribution in [3.63, 3.8) is 0 Å². The SMILES string of the molecule is CCCNC(CCC)c1cc2c(cc1Cl)NC(=O)C2. The minimum absolute atomic E-state index is 0.0526. The molecular weight excluding hydrogens is 260 g/mol. The van der Waals surface area contributed by atoms with Crippen LogP contribution >= 0.6 is 11.6 Å². The Morgan fingerprint density at radius 2 is 2.16 bits per heavy atom. The number of amides is 1. The average molecular weight is 281 g/mol. The fourth-order valence-electron chi connectivity index (χ4n) is 2.51. The molecule has 1 aromatic carbocycles. The molecule has 3 nitrogen and oxygen atoms in total. The number of anilines is 1. The molecule has 0 bridgehead atoms. The van der Waals surface area contributed by atoms with Crippen molar-refractivity contribution in [2.75, 3.05) is 11.9 Å².